The van der Waals surface area contributed by atoms with Gasteiger partial charge in [-0.3, -0.25) is 0 Å². The largest absolute Gasteiger partial charge is 0.317 e. The molecule has 1 rings (SSSR count). The van der Waals surface area contributed by atoms with Crippen molar-refractivity contribution in [2.45, 2.75) is 19.8 Å². The highest BCUT2D eigenvalue weighted by Gasteiger charge is 1.93. The van der Waals surface area contributed by atoms with Gasteiger partial charge in [0.15, 0.2) is 0 Å². The summed E-state index contributed by atoms with van der Waals surface area (Å²) in [4.78, 5) is 0. The second-order valence-corrected chi connectivity index (χ2v) is 1.75. The van der Waals surface area contributed by atoms with Crippen LogP contribution < -0.4 is 5.32 Å². The van der Waals surface area contributed by atoms with Crippen molar-refractivity contribution in [3.8, 4) is 0 Å². The Kier molecular flexibility index (Phi) is 6.32. The average Bonchev–Trinajstić information content (AvgIpc) is 2.17. The molecular weight excluding hydrogens is 100 g/mol. The van der Waals surface area contributed by atoms with E-state index >= 15 is 0 Å². The smallest absolute Gasteiger partial charge is 0.00484 e. The summed E-state index contributed by atoms with van der Waals surface area (Å²) in [5.74, 6) is 0. The maximum Gasteiger partial charge on any atom is -0.00484 e. The fraction of sp³-hybridized carbons (Fsp3) is 0.833. The summed E-state index contributed by atoms with van der Waals surface area (Å²) in [6.45, 7) is 4.17. The highest BCUT2D eigenvalue weighted by atomic mass is 14.9. The molecule has 48 valence electrons. The zero-order chi connectivity index (χ0) is 6.24. The minimum Gasteiger partial charge on any atom is -0.317 e. The molecule has 0 unspecified atom stereocenters. The lowest BCUT2D eigenvalue weighted by atomic mass is 10.4. The molecule has 2 N–H and O–H groups in total. The number of hydrogen-bond acceptors (Lipinski definition) is 2. The summed E-state index contributed by atoms with van der Waals surface area (Å²) in [5, 5.41) is 9.31. The standard InChI is InChI=1S/C4H9N.C2H5N/c1-2-4-5-3-1;1-2-3/h5H,1-4H2;2-3H,1H3. The molecule has 1 saturated heterocycles. The third-order valence-corrected chi connectivity index (χ3v) is 0.957. The van der Waals surface area contributed by atoms with Crippen LogP contribution in [0.25, 0.3) is 0 Å². The molecule has 8 heavy (non-hydrogen) atoms. The monoisotopic (exact) mass is 114 g/mol. The third kappa shape index (κ3) is 5.63. The number of nitrogens with one attached hydrogen (secondary N) is 2. The van der Waals surface area contributed by atoms with Crippen LogP contribution in [0.4, 0.5) is 0 Å². The van der Waals surface area contributed by atoms with Crippen LogP contribution in [0.1, 0.15) is 19.8 Å². The fourth-order valence-electron chi connectivity index (χ4n) is 0.625. The first kappa shape index (κ1) is 7.63. The molecule has 0 aliphatic carbocycles. The van der Waals surface area contributed by atoms with Gasteiger partial charge in [0.05, 0.1) is 0 Å². The van der Waals surface area contributed by atoms with E-state index in [1.807, 2.05) is 0 Å². The maximum absolute atomic E-state index is 6.08. The van der Waals surface area contributed by atoms with Gasteiger partial charge in [-0.2, -0.15) is 0 Å². The van der Waals surface area contributed by atoms with Gasteiger partial charge in [0, 0.05) is 0 Å². The van der Waals surface area contributed by atoms with Crippen molar-refractivity contribution in [1.82, 2.24) is 5.32 Å². The van der Waals surface area contributed by atoms with Crippen molar-refractivity contribution in [3.05, 3.63) is 0 Å². The van der Waals surface area contributed by atoms with Crippen LogP contribution in [-0.2, 0) is 0 Å². The van der Waals surface area contributed by atoms with E-state index in [1.165, 1.54) is 32.1 Å². The van der Waals surface area contributed by atoms with Gasteiger partial charge in [-0.15, -0.1) is 0 Å². The quantitative estimate of drug-likeness (QED) is 0.453. The molecule has 2 nitrogen and oxygen atoms in total. The highest BCUT2D eigenvalue weighted by molar-refractivity contribution is 5.48. The minimum absolute atomic E-state index is 1.25. The SMILES string of the molecule is C1CCNC1.CC=N. The Morgan fingerprint density at radius 1 is 1.38 bits per heavy atom. The summed E-state index contributed by atoms with van der Waals surface area (Å²) in [6.07, 6.45) is 4.03. The minimum atomic E-state index is 1.25. The molecule has 0 aromatic heterocycles. The Hall–Kier alpha value is -0.370. The first-order valence-corrected chi connectivity index (χ1v) is 3.07. The Morgan fingerprint density at radius 3 is 1.88 bits per heavy atom. The van der Waals surface area contributed by atoms with Crippen molar-refractivity contribution >= 4 is 6.21 Å². The normalized spacial score (nSPS) is 16.6. The van der Waals surface area contributed by atoms with Crippen LogP contribution in [0, 0.1) is 5.41 Å². The van der Waals surface area contributed by atoms with E-state index in [1.54, 1.807) is 6.92 Å². The molecule has 1 fully saturated rings. The molecule has 1 aliphatic heterocycles. The van der Waals surface area contributed by atoms with E-state index < -0.39 is 0 Å². The topological polar surface area (TPSA) is 35.9 Å². The zero-order valence-corrected chi connectivity index (χ0v) is 5.41. The Labute approximate surface area is 50.8 Å². The molecule has 0 amide bonds. The molecule has 0 spiro atoms. The average molecular weight is 114 g/mol. The van der Waals surface area contributed by atoms with Crippen molar-refractivity contribution < 1.29 is 0 Å². The molecule has 0 saturated carbocycles. The van der Waals surface area contributed by atoms with Gasteiger partial charge in [0.25, 0.3) is 0 Å². The van der Waals surface area contributed by atoms with E-state index in [0.717, 1.165) is 0 Å². The lowest BCUT2D eigenvalue weighted by molar-refractivity contribution is 0.857. The first-order valence-electron chi connectivity index (χ1n) is 3.07. The van der Waals surface area contributed by atoms with Crippen LogP contribution >= 0.6 is 0 Å². The van der Waals surface area contributed by atoms with Gasteiger partial charge in [-0.05, 0) is 39.1 Å². The fourth-order valence-corrected chi connectivity index (χ4v) is 0.625. The highest BCUT2D eigenvalue weighted by Crippen LogP contribution is 1.90. The molecule has 0 bridgehead atoms. The Balaban J connectivity index is 0.000000145. The van der Waals surface area contributed by atoms with Crippen LogP contribution in [0.2, 0.25) is 0 Å². The summed E-state index contributed by atoms with van der Waals surface area (Å²) in [5.41, 5.74) is 0. The Morgan fingerprint density at radius 2 is 1.75 bits per heavy atom. The lowest BCUT2D eigenvalue weighted by Gasteiger charge is -1.76. The predicted molar refractivity (Wildman–Crippen MR) is 36.6 cm³/mol. The number of rotatable bonds is 0. The van der Waals surface area contributed by atoms with Gasteiger partial charge in [-0.25, -0.2) is 0 Å². The predicted octanol–water partition coefficient (Wildman–Crippen LogP) is 1.03. The van der Waals surface area contributed by atoms with Crippen LogP contribution in [-0.4, -0.2) is 19.3 Å². The summed E-state index contributed by atoms with van der Waals surface area (Å²) < 4.78 is 0. The van der Waals surface area contributed by atoms with Gasteiger partial charge in [-0.1, -0.05) is 0 Å². The number of hydrogen-bond donors (Lipinski definition) is 2. The van der Waals surface area contributed by atoms with Crippen LogP contribution in [0.15, 0.2) is 0 Å². The Bertz CT molecular complexity index is 40.9. The molecule has 1 aliphatic rings. The molecule has 0 radical (unpaired) electrons. The van der Waals surface area contributed by atoms with Crippen LogP contribution in [0.5, 0.6) is 0 Å². The molecule has 0 atom stereocenters. The van der Waals surface area contributed by atoms with Crippen molar-refractivity contribution in [3.63, 3.8) is 0 Å². The molecule has 1 heterocycles. The van der Waals surface area contributed by atoms with Gasteiger partial charge >= 0.3 is 0 Å². The third-order valence-electron chi connectivity index (χ3n) is 0.957. The summed E-state index contributed by atoms with van der Waals surface area (Å²) in [6, 6.07) is 0. The van der Waals surface area contributed by atoms with E-state index in [4.69, 9.17) is 5.41 Å². The van der Waals surface area contributed by atoms with Crippen molar-refractivity contribution in [2.75, 3.05) is 13.1 Å². The van der Waals surface area contributed by atoms with Gasteiger partial charge in [0.1, 0.15) is 0 Å². The maximum atomic E-state index is 6.08. The van der Waals surface area contributed by atoms with E-state index in [9.17, 15) is 0 Å². The zero-order valence-electron chi connectivity index (χ0n) is 5.41. The van der Waals surface area contributed by atoms with E-state index in [-0.39, 0.29) is 0 Å². The molecule has 0 aromatic rings. The van der Waals surface area contributed by atoms with Crippen molar-refractivity contribution in [1.29, 1.82) is 5.41 Å². The molecule has 0 aromatic carbocycles. The second kappa shape index (κ2) is 6.63. The molecule has 2 heteroatoms. The van der Waals surface area contributed by atoms with Crippen molar-refractivity contribution in [2.24, 2.45) is 0 Å². The summed E-state index contributed by atoms with van der Waals surface area (Å²) >= 11 is 0. The summed E-state index contributed by atoms with van der Waals surface area (Å²) in [7, 11) is 0. The van der Waals surface area contributed by atoms with E-state index in [2.05, 4.69) is 5.32 Å². The molecular formula is C6H14N2. The van der Waals surface area contributed by atoms with E-state index in [0.29, 0.717) is 0 Å². The van der Waals surface area contributed by atoms with Gasteiger partial charge < -0.3 is 10.7 Å². The second-order valence-electron chi connectivity index (χ2n) is 1.75. The van der Waals surface area contributed by atoms with Gasteiger partial charge in [0.2, 0.25) is 0 Å². The lowest BCUT2D eigenvalue weighted by Crippen LogP contribution is -2.03. The van der Waals surface area contributed by atoms with Crippen LogP contribution in [0.3, 0.4) is 0 Å². The first-order chi connectivity index (χ1) is 3.91.